The van der Waals surface area contributed by atoms with Gasteiger partial charge in [-0.1, -0.05) is 17.7 Å². The van der Waals surface area contributed by atoms with E-state index in [4.69, 9.17) is 9.47 Å². The third-order valence-corrected chi connectivity index (χ3v) is 6.49. The number of hydrogen-bond acceptors (Lipinski definition) is 8. The Hall–Kier alpha value is -1.04. The van der Waals surface area contributed by atoms with E-state index in [9.17, 15) is 21.9 Å². The molecule has 10 heteroatoms. The number of sulfone groups is 1. The predicted molar refractivity (Wildman–Crippen MR) is 84.6 cm³/mol. The van der Waals surface area contributed by atoms with Crippen LogP contribution in [0.15, 0.2) is 29.2 Å². The van der Waals surface area contributed by atoms with Crippen molar-refractivity contribution in [2.45, 2.75) is 35.6 Å². The number of rotatable bonds is 6. The Bertz CT molecular complexity index is 769. The van der Waals surface area contributed by atoms with Crippen molar-refractivity contribution >= 4 is 20.0 Å². The first-order valence-electron chi connectivity index (χ1n) is 7.07. The molecule has 136 valence electrons. The molecule has 1 fully saturated rings. The predicted octanol–water partition coefficient (Wildman–Crippen LogP) is -0.154. The van der Waals surface area contributed by atoms with Crippen molar-refractivity contribution in [3.8, 4) is 0 Å². The third kappa shape index (κ3) is 4.13. The van der Waals surface area contributed by atoms with Gasteiger partial charge in [0.05, 0.1) is 17.8 Å². The normalized spacial score (nSPS) is 28.2. The Morgan fingerprint density at radius 3 is 2.25 bits per heavy atom. The second-order valence-corrected chi connectivity index (χ2v) is 9.33. The zero-order valence-corrected chi connectivity index (χ0v) is 15.1. The maximum Gasteiger partial charge on any atom is 0.264 e. The van der Waals surface area contributed by atoms with Gasteiger partial charge in [0.25, 0.3) is 10.1 Å². The van der Waals surface area contributed by atoms with Gasteiger partial charge in [-0.05, 0) is 19.1 Å². The molecule has 24 heavy (non-hydrogen) atoms. The van der Waals surface area contributed by atoms with Crippen LogP contribution in [0.25, 0.3) is 0 Å². The van der Waals surface area contributed by atoms with Crippen molar-refractivity contribution in [3.05, 3.63) is 29.8 Å². The second kappa shape index (κ2) is 7.06. The summed E-state index contributed by atoms with van der Waals surface area (Å²) in [6.45, 7) is 1.28. The summed E-state index contributed by atoms with van der Waals surface area (Å²) in [5, 5.41) is 8.59. The summed E-state index contributed by atoms with van der Waals surface area (Å²) >= 11 is 0. The van der Waals surface area contributed by atoms with E-state index in [2.05, 4.69) is 4.18 Å². The average molecular weight is 380 g/mol. The summed E-state index contributed by atoms with van der Waals surface area (Å²) in [5.74, 6) is 0. The van der Waals surface area contributed by atoms with E-state index in [1.54, 1.807) is 12.1 Å². The molecule has 8 nitrogen and oxygen atoms in total. The molecule has 1 aliphatic rings. The quantitative estimate of drug-likeness (QED) is 0.677. The van der Waals surface area contributed by atoms with Crippen molar-refractivity contribution in [2.75, 3.05) is 20.0 Å². The highest BCUT2D eigenvalue weighted by atomic mass is 32.2. The molecule has 1 N–H and O–H groups in total. The Morgan fingerprint density at radius 1 is 1.17 bits per heavy atom. The summed E-state index contributed by atoms with van der Waals surface area (Å²) in [5.41, 5.74) is 0.886. The number of aliphatic hydroxyl groups is 1. The number of ether oxygens (including phenoxy) is 2. The van der Waals surface area contributed by atoms with Crippen molar-refractivity contribution < 1.29 is 35.6 Å². The van der Waals surface area contributed by atoms with Crippen LogP contribution in [0.3, 0.4) is 0 Å². The largest absolute Gasteiger partial charge is 0.375 e. The van der Waals surface area contributed by atoms with Gasteiger partial charge in [0.2, 0.25) is 0 Å². The highest BCUT2D eigenvalue weighted by Gasteiger charge is 2.52. The maximum atomic E-state index is 12.9. The summed E-state index contributed by atoms with van der Waals surface area (Å²) in [6.07, 6.45) is -3.01. The number of hydrogen-bond donors (Lipinski definition) is 1. The smallest absolute Gasteiger partial charge is 0.264 e. The number of methoxy groups -OCH3 is 1. The first kappa shape index (κ1) is 19.3. The molecular formula is C14H20O8S2. The lowest BCUT2D eigenvalue weighted by molar-refractivity contribution is -0.138. The van der Waals surface area contributed by atoms with Crippen molar-refractivity contribution in [1.82, 2.24) is 0 Å². The summed E-state index contributed by atoms with van der Waals surface area (Å²) < 4.78 is 63.1. The van der Waals surface area contributed by atoms with E-state index in [1.165, 1.54) is 19.2 Å². The molecule has 1 saturated heterocycles. The highest BCUT2D eigenvalue weighted by molar-refractivity contribution is 7.92. The molecule has 0 saturated carbocycles. The van der Waals surface area contributed by atoms with Gasteiger partial charge in [0, 0.05) is 7.11 Å². The van der Waals surface area contributed by atoms with Crippen LogP contribution < -0.4 is 0 Å². The molecule has 2 rings (SSSR count). The minimum Gasteiger partial charge on any atom is -0.375 e. The van der Waals surface area contributed by atoms with E-state index >= 15 is 0 Å². The minimum absolute atomic E-state index is 0.0298. The average Bonchev–Trinajstić information content (AvgIpc) is 2.81. The lowest BCUT2D eigenvalue weighted by Crippen LogP contribution is -2.42. The molecule has 0 aromatic heterocycles. The van der Waals surface area contributed by atoms with Crippen LogP contribution in [0.5, 0.6) is 0 Å². The van der Waals surface area contributed by atoms with Crippen LogP contribution in [0.2, 0.25) is 0 Å². The standard InChI is InChI=1S/C14H20O8S2/c1-9-4-6-10(7-5-9)24(18,19)13-11(8-21-23(3,16)17)22-14(15)12(13)20-2/h4-7,11-15H,8H2,1-3H3/t11-,12-,13+,14-/m1/s1. The monoisotopic (exact) mass is 380 g/mol. The molecular weight excluding hydrogens is 360 g/mol. The van der Waals surface area contributed by atoms with E-state index in [0.717, 1.165) is 11.8 Å². The lowest BCUT2D eigenvalue weighted by Gasteiger charge is -2.22. The topological polar surface area (TPSA) is 116 Å². The Kier molecular flexibility index (Phi) is 5.68. The molecule has 1 aromatic carbocycles. The van der Waals surface area contributed by atoms with Crippen LogP contribution in [0.1, 0.15) is 5.56 Å². The van der Waals surface area contributed by atoms with Crippen LogP contribution >= 0.6 is 0 Å². The van der Waals surface area contributed by atoms with Crippen molar-refractivity contribution in [1.29, 1.82) is 0 Å². The van der Waals surface area contributed by atoms with E-state index in [-0.39, 0.29) is 4.90 Å². The summed E-state index contributed by atoms with van der Waals surface area (Å²) in [6, 6.07) is 6.17. The fourth-order valence-electron chi connectivity index (χ4n) is 2.54. The molecule has 0 radical (unpaired) electrons. The molecule has 0 amide bonds. The van der Waals surface area contributed by atoms with Crippen molar-refractivity contribution in [3.63, 3.8) is 0 Å². The van der Waals surface area contributed by atoms with Crippen molar-refractivity contribution in [2.24, 2.45) is 0 Å². The Labute approximate surface area is 141 Å². The zero-order chi connectivity index (χ0) is 18.1. The summed E-state index contributed by atoms with van der Waals surface area (Å²) in [4.78, 5) is 0.0298. The number of aryl methyl sites for hydroxylation is 1. The zero-order valence-electron chi connectivity index (χ0n) is 13.4. The molecule has 0 aliphatic carbocycles. The minimum atomic E-state index is -3.95. The van der Waals surface area contributed by atoms with Gasteiger partial charge >= 0.3 is 0 Å². The molecule has 0 unspecified atom stereocenters. The molecule has 1 aromatic rings. The van der Waals surface area contributed by atoms with E-state index in [0.29, 0.717) is 0 Å². The van der Waals surface area contributed by atoms with Gasteiger partial charge in [-0.3, -0.25) is 4.18 Å². The van der Waals surface area contributed by atoms with Gasteiger partial charge in [-0.15, -0.1) is 0 Å². The second-order valence-electron chi connectivity index (χ2n) is 5.58. The highest BCUT2D eigenvalue weighted by Crippen LogP contribution is 2.32. The maximum absolute atomic E-state index is 12.9. The van der Waals surface area contributed by atoms with Gasteiger partial charge in [-0.25, -0.2) is 8.42 Å². The van der Waals surface area contributed by atoms with Crippen LogP contribution in [-0.4, -0.2) is 65.7 Å². The van der Waals surface area contributed by atoms with Crippen LogP contribution in [0.4, 0.5) is 0 Å². The molecule has 0 spiro atoms. The first-order valence-corrected chi connectivity index (χ1v) is 10.4. The molecule has 1 heterocycles. The lowest BCUT2D eigenvalue weighted by atomic mass is 10.2. The van der Waals surface area contributed by atoms with E-state index < -0.39 is 50.3 Å². The summed E-state index contributed by atoms with van der Waals surface area (Å²) in [7, 11) is -6.50. The number of benzene rings is 1. The number of aliphatic hydroxyl groups excluding tert-OH is 1. The fourth-order valence-corrected chi connectivity index (χ4v) is 4.90. The van der Waals surface area contributed by atoms with E-state index in [1.807, 2.05) is 6.92 Å². The van der Waals surface area contributed by atoms with Crippen LogP contribution in [-0.2, 0) is 33.6 Å². The molecule has 0 bridgehead atoms. The molecule has 4 atom stereocenters. The van der Waals surface area contributed by atoms with Crippen LogP contribution in [0, 0.1) is 6.92 Å². The Morgan fingerprint density at radius 2 is 1.75 bits per heavy atom. The Balaban J connectivity index is 2.38. The third-order valence-electron chi connectivity index (χ3n) is 3.71. The fraction of sp³-hybridized carbons (Fsp3) is 0.571. The first-order chi connectivity index (χ1) is 11.1. The van der Waals surface area contributed by atoms with Gasteiger partial charge in [0.1, 0.15) is 17.5 Å². The van der Waals surface area contributed by atoms with Gasteiger partial charge in [0.15, 0.2) is 16.1 Å². The van der Waals surface area contributed by atoms with Gasteiger partial charge in [-0.2, -0.15) is 8.42 Å². The van der Waals surface area contributed by atoms with Gasteiger partial charge < -0.3 is 14.6 Å². The SMILES string of the molecule is CO[C@@H]1[C@@H](S(=O)(=O)c2ccc(C)cc2)[C@@H](COS(C)(=O)=O)O[C@H]1O. The molecule has 1 aliphatic heterocycles.